The van der Waals surface area contributed by atoms with Gasteiger partial charge in [-0.2, -0.15) is 0 Å². The van der Waals surface area contributed by atoms with E-state index < -0.39 is 0 Å². The Morgan fingerprint density at radius 2 is 1.63 bits per heavy atom. The van der Waals surface area contributed by atoms with Gasteiger partial charge in [-0.1, -0.05) is 36.4 Å². The Bertz CT molecular complexity index is 1390. The summed E-state index contributed by atoms with van der Waals surface area (Å²) in [7, 11) is 0. The summed E-state index contributed by atoms with van der Waals surface area (Å²) in [5, 5.41) is 5.69. The van der Waals surface area contributed by atoms with Crippen LogP contribution in [0.3, 0.4) is 0 Å². The van der Waals surface area contributed by atoms with Gasteiger partial charge in [-0.15, -0.1) is 0 Å². The molecular weight excluding hydrogens is 478 g/mol. The highest BCUT2D eigenvalue weighted by Crippen LogP contribution is 2.25. The molecule has 38 heavy (non-hydrogen) atoms. The van der Waals surface area contributed by atoms with Crippen molar-refractivity contribution >= 4 is 34.2 Å². The van der Waals surface area contributed by atoms with E-state index >= 15 is 0 Å². The number of para-hydroxylation sites is 3. The summed E-state index contributed by atoms with van der Waals surface area (Å²) in [6.07, 6.45) is 2.02. The Labute approximate surface area is 222 Å². The third-order valence-electron chi connectivity index (χ3n) is 6.83. The molecule has 0 spiro atoms. The molecule has 0 saturated carbocycles. The monoisotopic (exact) mass is 511 g/mol. The highest BCUT2D eigenvalue weighted by atomic mass is 16.5. The first-order chi connectivity index (χ1) is 18.5. The quantitative estimate of drug-likeness (QED) is 0.333. The number of piperidine rings is 1. The molecule has 0 radical (unpaired) electrons. The molecule has 0 bridgehead atoms. The Morgan fingerprint density at radius 3 is 2.39 bits per heavy atom. The molecule has 2 amide bonds. The summed E-state index contributed by atoms with van der Waals surface area (Å²) >= 11 is 0. The second-order valence-electron chi connectivity index (χ2n) is 9.76. The molecule has 1 aliphatic heterocycles. The second kappa shape index (κ2) is 11.9. The molecule has 1 aliphatic rings. The van der Waals surface area contributed by atoms with Gasteiger partial charge in [0.2, 0.25) is 11.8 Å². The van der Waals surface area contributed by atoms with Crippen molar-refractivity contribution in [3.05, 3.63) is 84.7 Å². The van der Waals surface area contributed by atoms with Crippen LogP contribution in [0.25, 0.3) is 11.0 Å². The maximum atomic E-state index is 12.7. The zero-order valence-corrected chi connectivity index (χ0v) is 21.6. The van der Waals surface area contributed by atoms with Crippen molar-refractivity contribution in [2.24, 2.45) is 5.92 Å². The average Bonchev–Trinajstić information content (AvgIpc) is 3.26. The van der Waals surface area contributed by atoms with Gasteiger partial charge in [0.15, 0.2) is 0 Å². The zero-order valence-electron chi connectivity index (χ0n) is 21.6. The van der Waals surface area contributed by atoms with Gasteiger partial charge in [0.1, 0.15) is 18.2 Å². The number of hydrogen-bond acceptors (Lipinski definition) is 5. The highest BCUT2D eigenvalue weighted by Gasteiger charge is 2.23. The van der Waals surface area contributed by atoms with E-state index in [-0.39, 0.29) is 11.8 Å². The fourth-order valence-corrected chi connectivity index (χ4v) is 4.97. The summed E-state index contributed by atoms with van der Waals surface area (Å²) < 4.78 is 8.33. The van der Waals surface area contributed by atoms with Crippen LogP contribution in [0.15, 0.2) is 78.9 Å². The summed E-state index contributed by atoms with van der Waals surface area (Å²) in [6, 6.07) is 25.3. The van der Waals surface area contributed by atoms with E-state index in [0.717, 1.165) is 55.1 Å². The number of carbonyl (C=O) groups excluding carboxylic acids is 2. The minimum Gasteiger partial charge on any atom is -0.486 e. The largest absolute Gasteiger partial charge is 0.486 e. The van der Waals surface area contributed by atoms with E-state index in [9.17, 15) is 9.59 Å². The van der Waals surface area contributed by atoms with E-state index in [4.69, 9.17) is 9.72 Å². The molecule has 5 rings (SSSR count). The molecule has 196 valence electrons. The molecule has 1 fully saturated rings. The molecule has 3 aromatic carbocycles. The normalized spacial score (nSPS) is 14.3. The van der Waals surface area contributed by atoms with Gasteiger partial charge in [0.05, 0.1) is 17.6 Å². The maximum absolute atomic E-state index is 12.7. The van der Waals surface area contributed by atoms with Crippen LogP contribution in [-0.4, -0.2) is 45.9 Å². The molecule has 0 aliphatic carbocycles. The number of rotatable bonds is 9. The SMILES string of the molecule is CC(=O)Nc1cccc(NC(=O)CN2CCC(Cn3c(COc4ccccc4)nc4ccccc43)CC2)c1. The third-order valence-corrected chi connectivity index (χ3v) is 6.83. The highest BCUT2D eigenvalue weighted by molar-refractivity contribution is 5.94. The molecule has 2 N–H and O–H groups in total. The smallest absolute Gasteiger partial charge is 0.238 e. The minimum atomic E-state index is -0.143. The van der Waals surface area contributed by atoms with E-state index in [0.29, 0.717) is 30.4 Å². The van der Waals surface area contributed by atoms with E-state index in [2.05, 4.69) is 32.2 Å². The van der Waals surface area contributed by atoms with Crippen molar-refractivity contribution < 1.29 is 14.3 Å². The van der Waals surface area contributed by atoms with Crippen LogP contribution in [0, 0.1) is 5.92 Å². The van der Waals surface area contributed by atoms with Gasteiger partial charge < -0.3 is 19.9 Å². The van der Waals surface area contributed by atoms with E-state index in [1.165, 1.54) is 6.92 Å². The maximum Gasteiger partial charge on any atom is 0.238 e. The van der Waals surface area contributed by atoms with Gasteiger partial charge in [-0.3, -0.25) is 14.5 Å². The molecule has 0 atom stereocenters. The molecule has 8 nitrogen and oxygen atoms in total. The second-order valence-corrected chi connectivity index (χ2v) is 9.76. The Balaban J connectivity index is 1.16. The number of anilines is 2. The topological polar surface area (TPSA) is 88.5 Å². The predicted molar refractivity (Wildman–Crippen MR) is 149 cm³/mol. The van der Waals surface area contributed by atoms with Gasteiger partial charge in [0.25, 0.3) is 0 Å². The molecule has 0 unspecified atom stereocenters. The van der Waals surface area contributed by atoms with Crippen molar-refractivity contribution in [3.8, 4) is 5.75 Å². The van der Waals surface area contributed by atoms with Gasteiger partial charge in [-0.25, -0.2) is 4.98 Å². The minimum absolute atomic E-state index is 0.0515. The van der Waals surface area contributed by atoms with Crippen molar-refractivity contribution in [1.29, 1.82) is 0 Å². The lowest BCUT2D eigenvalue weighted by atomic mass is 9.96. The fraction of sp³-hybridized carbons (Fsp3) is 0.300. The zero-order chi connectivity index (χ0) is 26.3. The number of nitrogens with zero attached hydrogens (tertiary/aromatic N) is 3. The number of ether oxygens (including phenoxy) is 1. The number of amides is 2. The Kier molecular flexibility index (Phi) is 7.99. The van der Waals surface area contributed by atoms with Crippen LogP contribution in [0.1, 0.15) is 25.6 Å². The molecule has 8 heteroatoms. The third kappa shape index (κ3) is 6.58. The van der Waals surface area contributed by atoms with Crippen molar-refractivity contribution in [2.75, 3.05) is 30.3 Å². The number of nitrogens with one attached hydrogen (secondary N) is 2. The van der Waals surface area contributed by atoms with Crippen molar-refractivity contribution in [1.82, 2.24) is 14.5 Å². The Hall–Kier alpha value is -4.17. The lowest BCUT2D eigenvalue weighted by molar-refractivity contribution is -0.117. The number of imidazole rings is 1. The number of carbonyl (C=O) groups is 2. The lowest BCUT2D eigenvalue weighted by Gasteiger charge is -2.32. The van der Waals surface area contributed by atoms with Crippen molar-refractivity contribution in [3.63, 3.8) is 0 Å². The number of benzene rings is 3. The van der Waals surface area contributed by atoms with Crippen LogP contribution >= 0.6 is 0 Å². The first-order valence-corrected chi connectivity index (χ1v) is 13.1. The van der Waals surface area contributed by atoms with Crippen LogP contribution in [0.4, 0.5) is 11.4 Å². The predicted octanol–water partition coefficient (Wildman–Crippen LogP) is 4.92. The van der Waals surface area contributed by atoms with Gasteiger partial charge in [-0.05, 0) is 74.3 Å². The summed E-state index contributed by atoms with van der Waals surface area (Å²) in [4.78, 5) is 31.0. The van der Waals surface area contributed by atoms with Crippen LogP contribution in [0.5, 0.6) is 5.75 Å². The first kappa shape index (κ1) is 25.5. The van der Waals surface area contributed by atoms with Gasteiger partial charge >= 0.3 is 0 Å². The van der Waals surface area contributed by atoms with Gasteiger partial charge in [0, 0.05) is 24.8 Å². The standard InChI is InChI=1S/C30H33N5O3/c1-22(36)31-24-8-7-9-25(18-24)32-30(37)20-34-16-14-23(15-17-34)19-35-28-13-6-5-12-27(28)33-29(35)21-38-26-10-3-2-4-11-26/h2-13,18,23H,14-17,19-21H2,1H3,(H,31,36)(H,32,37). The number of hydrogen-bond donors (Lipinski definition) is 2. The summed E-state index contributed by atoms with van der Waals surface area (Å²) in [5.74, 6) is 2.06. The summed E-state index contributed by atoms with van der Waals surface area (Å²) in [6.45, 7) is 4.84. The van der Waals surface area contributed by atoms with Crippen LogP contribution < -0.4 is 15.4 Å². The molecule has 4 aromatic rings. The van der Waals surface area contributed by atoms with Crippen LogP contribution in [-0.2, 0) is 22.7 Å². The summed E-state index contributed by atoms with van der Waals surface area (Å²) in [5.41, 5.74) is 3.45. The number of aromatic nitrogens is 2. The van der Waals surface area contributed by atoms with Crippen molar-refractivity contribution in [2.45, 2.75) is 32.9 Å². The first-order valence-electron chi connectivity index (χ1n) is 13.1. The molecule has 1 aromatic heterocycles. The van der Waals surface area contributed by atoms with E-state index in [1.807, 2.05) is 54.6 Å². The number of likely N-dealkylation sites (tertiary alicyclic amines) is 1. The van der Waals surface area contributed by atoms with Crippen LogP contribution in [0.2, 0.25) is 0 Å². The molecule has 2 heterocycles. The Morgan fingerprint density at radius 1 is 0.921 bits per heavy atom. The molecular formula is C30H33N5O3. The number of fused-ring (bicyclic) bond motifs is 1. The average molecular weight is 512 g/mol. The lowest BCUT2D eigenvalue weighted by Crippen LogP contribution is -2.40. The van der Waals surface area contributed by atoms with E-state index in [1.54, 1.807) is 12.1 Å². The molecule has 1 saturated heterocycles. The fourth-order valence-electron chi connectivity index (χ4n) is 4.97.